The van der Waals surface area contributed by atoms with Gasteiger partial charge >= 0.3 is 17.9 Å². The van der Waals surface area contributed by atoms with Gasteiger partial charge in [-0.05, 0) is 19.1 Å². The molecule has 1 aliphatic carbocycles. The molecule has 0 spiro atoms. The van der Waals surface area contributed by atoms with Crippen LogP contribution in [0.1, 0.15) is 33.6 Å². The number of esters is 3. The number of hydrogen-bond donors (Lipinski definition) is 0. The Labute approximate surface area is 146 Å². The van der Waals surface area contributed by atoms with E-state index >= 15 is 0 Å². The summed E-state index contributed by atoms with van der Waals surface area (Å²) in [5.41, 5.74) is 1.66. The van der Waals surface area contributed by atoms with Gasteiger partial charge in [0.15, 0.2) is 0 Å². The van der Waals surface area contributed by atoms with Gasteiger partial charge in [0.05, 0.1) is 11.8 Å². The first-order valence-electron chi connectivity index (χ1n) is 8.45. The average Bonchev–Trinajstić information content (AvgIpc) is 2.98. The Morgan fingerprint density at radius 1 is 1.20 bits per heavy atom. The molecule has 2 aliphatic heterocycles. The van der Waals surface area contributed by atoms with Crippen LogP contribution in [0.3, 0.4) is 0 Å². The highest BCUT2D eigenvalue weighted by Gasteiger charge is 2.46. The molecule has 1 saturated heterocycles. The van der Waals surface area contributed by atoms with Crippen molar-refractivity contribution in [2.24, 2.45) is 11.8 Å². The number of carbonyl (C=O) groups excluding carboxylic acids is 3. The first kappa shape index (κ1) is 17.5. The Morgan fingerprint density at radius 3 is 2.60 bits per heavy atom. The Hall–Kier alpha value is -2.37. The third kappa shape index (κ3) is 3.38. The summed E-state index contributed by atoms with van der Waals surface area (Å²) >= 11 is 0. The molecule has 25 heavy (non-hydrogen) atoms. The molecular formula is C19H22O6. The molecular weight excluding hydrogens is 324 g/mol. The molecule has 2 heterocycles. The van der Waals surface area contributed by atoms with Crippen molar-refractivity contribution in [2.75, 3.05) is 0 Å². The highest BCUT2D eigenvalue weighted by atomic mass is 16.6. The summed E-state index contributed by atoms with van der Waals surface area (Å²) in [4.78, 5) is 36.3. The predicted octanol–water partition coefficient (Wildman–Crippen LogP) is 2.24. The van der Waals surface area contributed by atoms with Crippen LogP contribution < -0.4 is 0 Å². The zero-order chi connectivity index (χ0) is 18.3. The maximum atomic E-state index is 12.2. The molecule has 0 aromatic carbocycles. The molecule has 0 unspecified atom stereocenters. The van der Waals surface area contributed by atoms with Gasteiger partial charge in [0.25, 0.3) is 0 Å². The Bertz CT molecular complexity index is 699. The fourth-order valence-electron chi connectivity index (χ4n) is 3.38. The highest BCUT2D eigenvalue weighted by Crippen LogP contribution is 2.38. The minimum Gasteiger partial charge on any atom is -0.461 e. The number of fused-ring (bicyclic) bond motifs is 2. The maximum absolute atomic E-state index is 12.2. The molecule has 6 nitrogen and oxygen atoms in total. The normalized spacial score (nSPS) is 33.8. The molecule has 0 amide bonds. The average molecular weight is 346 g/mol. The number of hydrogen-bond acceptors (Lipinski definition) is 6. The largest absolute Gasteiger partial charge is 0.461 e. The lowest BCUT2D eigenvalue weighted by molar-refractivity contribution is -0.156. The Kier molecular flexibility index (Phi) is 4.54. The van der Waals surface area contributed by atoms with E-state index in [1.165, 1.54) is 0 Å². The van der Waals surface area contributed by atoms with Crippen LogP contribution in [0.25, 0.3) is 0 Å². The van der Waals surface area contributed by atoms with E-state index in [1.807, 2.05) is 13.0 Å². The lowest BCUT2D eigenvalue weighted by atomic mass is 9.85. The van der Waals surface area contributed by atoms with Crippen LogP contribution in [0.5, 0.6) is 0 Å². The quantitative estimate of drug-likeness (QED) is 0.330. The summed E-state index contributed by atoms with van der Waals surface area (Å²) in [7, 11) is 0. The smallest absolute Gasteiger partial charge is 0.334 e. The second-order valence-electron chi connectivity index (χ2n) is 7.11. The lowest BCUT2D eigenvalue weighted by Crippen LogP contribution is -2.35. The van der Waals surface area contributed by atoms with Gasteiger partial charge in [0.1, 0.15) is 18.3 Å². The summed E-state index contributed by atoms with van der Waals surface area (Å²) in [5.74, 6) is -2.13. The van der Waals surface area contributed by atoms with Crippen molar-refractivity contribution < 1.29 is 28.6 Å². The van der Waals surface area contributed by atoms with Gasteiger partial charge in [0, 0.05) is 24.0 Å². The van der Waals surface area contributed by atoms with E-state index in [0.29, 0.717) is 12.0 Å². The van der Waals surface area contributed by atoms with Crippen molar-refractivity contribution in [1.29, 1.82) is 0 Å². The summed E-state index contributed by atoms with van der Waals surface area (Å²) < 4.78 is 16.4. The van der Waals surface area contributed by atoms with Crippen LogP contribution >= 0.6 is 0 Å². The Morgan fingerprint density at radius 2 is 1.92 bits per heavy atom. The van der Waals surface area contributed by atoms with E-state index in [0.717, 1.165) is 5.57 Å². The molecule has 6 heteroatoms. The summed E-state index contributed by atoms with van der Waals surface area (Å²) in [5, 5.41) is 0. The van der Waals surface area contributed by atoms with Crippen LogP contribution in [0.15, 0.2) is 35.5 Å². The second kappa shape index (κ2) is 6.50. The minimum absolute atomic E-state index is 0.178. The van der Waals surface area contributed by atoms with Gasteiger partial charge in [-0.1, -0.05) is 26.0 Å². The molecule has 134 valence electrons. The molecule has 2 bridgehead atoms. The zero-order valence-corrected chi connectivity index (χ0v) is 14.6. The maximum Gasteiger partial charge on any atom is 0.334 e. The zero-order valence-electron chi connectivity index (χ0n) is 14.6. The number of ether oxygens (including phenoxy) is 3. The molecule has 0 aromatic rings. The lowest BCUT2D eigenvalue weighted by Gasteiger charge is -2.27. The molecule has 0 radical (unpaired) electrons. The third-order valence-electron chi connectivity index (χ3n) is 4.70. The number of carbonyl (C=O) groups is 3. The van der Waals surface area contributed by atoms with Crippen molar-refractivity contribution >= 4 is 17.9 Å². The van der Waals surface area contributed by atoms with Crippen LogP contribution in [0, 0.1) is 11.8 Å². The topological polar surface area (TPSA) is 78.9 Å². The first-order chi connectivity index (χ1) is 11.8. The molecule has 3 rings (SSSR count). The van der Waals surface area contributed by atoms with Crippen LogP contribution in [0.4, 0.5) is 0 Å². The SMILES string of the molecule is C=C1C(=O)O[C@@H]2/C=C(\C)C[C@@H]3C=C(C[C@H](OC(=O)C(C)C)[C@@H]12)C(=O)O3. The van der Waals surface area contributed by atoms with Crippen LogP contribution in [0.2, 0.25) is 0 Å². The van der Waals surface area contributed by atoms with Crippen molar-refractivity contribution in [3.63, 3.8) is 0 Å². The van der Waals surface area contributed by atoms with E-state index < -0.39 is 36.0 Å². The van der Waals surface area contributed by atoms with Crippen molar-refractivity contribution in [1.82, 2.24) is 0 Å². The van der Waals surface area contributed by atoms with Gasteiger partial charge in [-0.2, -0.15) is 0 Å². The highest BCUT2D eigenvalue weighted by molar-refractivity contribution is 5.92. The van der Waals surface area contributed by atoms with E-state index in [9.17, 15) is 14.4 Å². The molecule has 3 aliphatic rings. The van der Waals surface area contributed by atoms with Gasteiger partial charge in [-0.3, -0.25) is 4.79 Å². The van der Waals surface area contributed by atoms with Gasteiger partial charge < -0.3 is 14.2 Å². The number of rotatable bonds is 2. The summed E-state index contributed by atoms with van der Waals surface area (Å²) in [6.45, 7) is 9.18. The van der Waals surface area contributed by atoms with E-state index in [1.54, 1.807) is 19.9 Å². The molecule has 4 atom stereocenters. The second-order valence-corrected chi connectivity index (χ2v) is 7.11. The van der Waals surface area contributed by atoms with E-state index in [4.69, 9.17) is 14.2 Å². The first-order valence-corrected chi connectivity index (χ1v) is 8.45. The molecule has 0 saturated carbocycles. The third-order valence-corrected chi connectivity index (χ3v) is 4.70. The van der Waals surface area contributed by atoms with Crippen molar-refractivity contribution in [3.05, 3.63) is 35.5 Å². The van der Waals surface area contributed by atoms with Crippen LogP contribution in [-0.2, 0) is 28.6 Å². The fourth-order valence-corrected chi connectivity index (χ4v) is 3.38. The van der Waals surface area contributed by atoms with Gasteiger partial charge in [-0.15, -0.1) is 0 Å². The summed E-state index contributed by atoms with van der Waals surface area (Å²) in [6.07, 6.45) is 2.73. The molecule has 0 N–H and O–H groups in total. The fraction of sp³-hybridized carbons (Fsp3) is 0.526. The monoisotopic (exact) mass is 346 g/mol. The van der Waals surface area contributed by atoms with Crippen molar-refractivity contribution in [3.8, 4) is 0 Å². The molecule has 0 aromatic heterocycles. The van der Waals surface area contributed by atoms with Gasteiger partial charge in [0.2, 0.25) is 0 Å². The van der Waals surface area contributed by atoms with Crippen LogP contribution in [-0.4, -0.2) is 36.2 Å². The van der Waals surface area contributed by atoms with Gasteiger partial charge in [-0.25, -0.2) is 9.59 Å². The predicted molar refractivity (Wildman–Crippen MR) is 88.2 cm³/mol. The minimum atomic E-state index is -0.710. The van der Waals surface area contributed by atoms with E-state index in [-0.39, 0.29) is 24.0 Å². The van der Waals surface area contributed by atoms with Crippen molar-refractivity contribution in [2.45, 2.75) is 51.9 Å². The Balaban J connectivity index is 1.99. The molecule has 1 fully saturated rings. The standard InChI is InChI=1S/C19H22O6/c1-9(2)17(20)24-15-8-12-7-13(23-19(12)22)5-10(3)6-14-16(15)11(4)18(21)25-14/h6-7,9,13-16H,4-5,8H2,1-3H3/b10-6+/t13-,14-,15+,16+/m1/s1. The van der Waals surface area contributed by atoms with E-state index in [2.05, 4.69) is 6.58 Å². The summed E-state index contributed by atoms with van der Waals surface area (Å²) in [6, 6.07) is 0.